The molecule has 1 aromatic rings. The lowest BCUT2D eigenvalue weighted by Crippen LogP contribution is -2.11. The molecule has 1 aliphatic heterocycles. The minimum absolute atomic E-state index is 0.538. The number of aliphatic hydroxyl groups is 1. The molecule has 0 aromatic carbocycles. The Labute approximate surface area is 82.7 Å². The molecule has 0 saturated carbocycles. The summed E-state index contributed by atoms with van der Waals surface area (Å²) in [7, 11) is 0. The van der Waals surface area contributed by atoms with Crippen molar-refractivity contribution in [1.82, 2.24) is 15.0 Å². The highest BCUT2D eigenvalue weighted by molar-refractivity contribution is 4.95. The molecule has 14 heavy (non-hydrogen) atoms. The van der Waals surface area contributed by atoms with Crippen molar-refractivity contribution < 1.29 is 9.84 Å². The molecule has 1 saturated heterocycles. The fourth-order valence-electron chi connectivity index (χ4n) is 1.59. The van der Waals surface area contributed by atoms with Crippen LogP contribution in [0.1, 0.15) is 25.1 Å². The zero-order chi connectivity index (χ0) is 9.97. The average molecular weight is 197 g/mol. The van der Waals surface area contributed by atoms with Gasteiger partial charge in [-0.3, -0.25) is 4.68 Å². The summed E-state index contributed by atoms with van der Waals surface area (Å²) in [6.45, 7) is 4.18. The number of hydrogen-bond acceptors (Lipinski definition) is 4. The molecule has 2 atom stereocenters. The molecule has 5 nitrogen and oxygen atoms in total. The Morgan fingerprint density at radius 2 is 2.64 bits per heavy atom. The number of ether oxygens (including phenoxy) is 1. The van der Waals surface area contributed by atoms with Crippen molar-refractivity contribution in [2.45, 2.75) is 26.0 Å². The van der Waals surface area contributed by atoms with E-state index in [1.807, 2.05) is 0 Å². The lowest BCUT2D eigenvalue weighted by Gasteiger charge is -2.05. The molecule has 78 valence electrons. The second-order valence-corrected chi connectivity index (χ2v) is 3.77. The zero-order valence-corrected chi connectivity index (χ0v) is 8.26. The van der Waals surface area contributed by atoms with E-state index in [1.165, 1.54) is 0 Å². The number of hydrogen-bond donors (Lipinski definition) is 1. The molecule has 0 spiro atoms. The van der Waals surface area contributed by atoms with Gasteiger partial charge >= 0.3 is 0 Å². The van der Waals surface area contributed by atoms with Gasteiger partial charge in [0.1, 0.15) is 5.69 Å². The first-order valence-corrected chi connectivity index (χ1v) is 4.91. The van der Waals surface area contributed by atoms with E-state index in [-0.39, 0.29) is 0 Å². The molecular formula is C9H15N3O2. The Morgan fingerprint density at radius 1 is 1.79 bits per heavy atom. The summed E-state index contributed by atoms with van der Waals surface area (Å²) in [5.74, 6) is 0.540. The van der Waals surface area contributed by atoms with Crippen LogP contribution in [0.3, 0.4) is 0 Å². The van der Waals surface area contributed by atoms with E-state index in [9.17, 15) is 5.11 Å². The van der Waals surface area contributed by atoms with Gasteiger partial charge in [-0.1, -0.05) is 5.21 Å². The minimum atomic E-state index is -0.538. The third-order valence-corrected chi connectivity index (χ3v) is 2.45. The van der Waals surface area contributed by atoms with Gasteiger partial charge in [0.2, 0.25) is 0 Å². The summed E-state index contributed by atoms with van der Waals surface area (Å²) in [4.78, 5) is 0. The molecule has 0 amide bonds. The van der Waals surface area contributed by atoms with Crippen LogP contribution in [0.25, 0.3) is 0 Å². The van der Waals surface area contributed by atoms with Crippen molar-refractivity contribution in [3.8, 4) is 0 Å². The molecule has 1 fully saturated rings. The minimum Gasteiger partial charge on any atom is -0.387 e. The molecule has 2 rings (SSSR count). The summed E-state index contributed by atoms with van der Waals surface area (Å²) in [6, 6.07) is 0. The van der Waals surface area contributed by atoms with Gasteiger partial charge in [-0.15, -0.1) is 5.10 Å². The van der Waals surface area contributed by atoms with Crippen LogP contribution < -0.4 is 0 Å². The third-order valence-electron chi connectivity index (χ3n) is 2.45. The molecule has 0 radical (unpaired) electrons. The number of rotatable bonds is 3. The number of aromatic nitrogens is 3. The predicted octanol–water partition coefficient (Wildman–Crippen LogP) is 0.368. The van der Waals surface area contributed by atoms with E-state index in [1.54, 1.807) is 17.8 Å². The van der Waals surface area contributed by atoms with Crippen LogP contribution in [0.15, 0.2) is 6.20 Å². The van der Waals surface area contributed by atoms with Gasteiger partial charge in [-0.2, -0.15) is 0 Å². The monoisotopic (exact) mass is 197 g/mol. The van der Waals surface area contributed by atoms with Crippen molar-refractivity contribution in [2.75, 3.05) is 13.2 Å². The first-order chi connectivity index (χ1) is 6.75. The summed E-state index contributed by atoms with van der Waals surface area (Å²) >= 11 is 0. The molecule has 0 aliphatic carbocycles. The molecular weight excluding hydrogens is 182 g/mol. The van der Waals surface area contributed by atoms with E-state index in [0.29, 0.717) is 11.6 Å². The van der Waals surface area contributed by atoms with Gasteiger partial charge in [-0.25, -0.2) is 0 Å². The Bertz CT molecular complexity index is 292. The van der Waals surface area contributed by atoms with E-state index in [4.69, 9.17) is 4.74 Å². The first-order valence-electron chi connectivity index (χ1n) is 4.91. The molecule has 5 heteroatoms. The Balaban J connectivity index is 1.95. The molecule has 0 bridgehead atoms. The highest BCUT2D eigenvalue weighted by Gasteiger charge is 2.17. The van der Waals surface area contributed by atoms with Crippen LogP contribution in [0.4, 0.5) is 0 Å². The Morgan fingerprint density at radius 3 is 3.21 bits per heavy atom. The lowest BCUT2D eigenvalue weighted by atomic mass is 10.1. The topological polar surface area (TPSA) is 60.2 Å². The maximum absolute atomic E-state index is 9.26. The number of nitrogens with zero attached hydrogens (tertiary/aromatic N) is 3. The predicted molar refractivity (Wildman–Crippen MR) is 49.6 cm³/mol. The van der Waals surface area contributed by atoms with E-state index in [2.05, 4.69) is 10.3 Å². The molecule has 1 aliphatic rings. The van der Waals surface area contributed by atoms with Gasteiger partial charge in [0, 0.05) is 19.1 Å². The van der Waals surface area contributed by atoms with Crippen LogP contribution in [-0.2, 0) is 11.3 Å². The summed E-state index contributed by atoms with van der Waals surface area (Å²) < 4.78 is 7.05. The molecule has 2 heterocycles. The molecule has 1 aromatic heterocycles. The quantitative estimate of drug-likeness (QED) is 0.760. The lowest BCUT2D eigenvalue weighted by molar-refractivity contribution is 0.181. The van der Waals surface area contributed by atoms with E-state index >= 15 is 0 Å². The van der Waals surface area contributed by atoms with Gasteiger partial charge in [0.25, 0.3) is 0 Å². The second kappa shape index (κ2) is 4.06. The first kappa shape index (κ1) is 9.61. The van der Waals surface area contributed by atoms with Crippen LogP contribution in [0, 0.1) is 5.92 Å². The summed E-state index contributed by atoms with van der Waals surface area (Å²) in [6.07, 6.45) is 2.34. The van der Waals surface area contributed by atoms with Crippen LogP contribution in [-0.4, -0.2) is 33.3 Å². The Kier molecular flexibility index (Phi) is 2.79. The van der Waals surface area contributed by atoms with Crippen LogP contribution in [0.2, 0.25) is 0 Å². The van der Waals surface area contributed by atoms with Crippen LogP contribution in [0.5, 0.6) is 0 Å². The van der Waals surface area contributed by atoms with Crippen LogP contribution >= 0.6 is 0 Å². The summed E-state index contributed by atoms with van der Waals surface area (Å²) in [5, 5.41) is 17.1. The normalized spacial score (nSPS) is 24.0. The van der Waals surface area contributed by atoms with Crippen molar-refractivity contribution in [3.05, 3.63) is 11.9 Å². The van der Waals surface area contributed by atoms with Crippen molar-refractivity contribution in [1.29, 1.82) is 0 Å². The third kappa shape index (κ3) is 2.10. The van der Waals surface area contributed by atoms with Gasteiger partial charge in [0.05, 0.1) is 18.9 Å². The second-order valence-electron chi connectivity index (χ2n) is 3.77. The molecule has 1 N–H and O–H groups in total. The maximum atomic E-state index is 9.26. The molecule has 1 unspecified atom stereocenters. The van der Waals surface area contributed by atoms with Crippen molar-refractivity contribution in [2.24, 2.45) is 5.92 Å². The fourth-order valence-corrected chi connectivity index (χ4v) is 1.59. The van der Waals surface area contributed by atoms with E-state index in [0.717, 1.165) is 26.2 Å². The van der Waals surface area contributed by atoms with Gasteiger partial charge in [0.15, 0.2) is 0 Å². The van der Waals surface area contributed by atoms with E-state index < -0.39 is 6.10 Å². The number of aliphatic hydroxyl groups excluding tert-OH is 1. The highest BCUT2D eigenvalue weighted by atomic mass is 16.5. The largest absolute Gasteiger partial charge is 0.387 e. The Hall–Kier alpha value is -0.940. The highest BCUT2D eigenvalue weighted by Crippen LogP contribution is 2.15. The smallest absolute Gasteiger partial charge is 0.111 e. The van der Waals surface area contributed by atoms with Gasteiger partial charge in [-0.05, 0) is 13.3 Å². The average Bonchev–Trinajstić information content (AvgIpc) is 2.75. The fraction of sp³-hybridized carbons (Fsp3) is 0.778. The summed E-state index contributed by atoms with van der Waals surface area (Å²) in [5.41, 5.74) is 0.629. The zero-order valence-electron chi connectivity index (χ0n) is 8.26. The SMILES string of the molecule is C[C@@H](O)c1cn(CC2CCOC2)nn1. The maximum Gasteiger partial charge on any atom is 0.111 e. The van der Waals surface area contributed by atoms with Crippen molar-refractivity contribution in [3.63, 3.8) is 0 Å². The van der Waals surface area contributed by atoms with Gasteiger partial charge < -0.3 is 9.84 Å². The van der Waals surface area contributed by atoms with Crippen molar-refractivity contribution >= 4 is 0 Å². The standard InChI is InChI=1S/C9H15N3O2/c1-7(13)9-5-12(11-10-9)4-8-2-3-14-6-8/h5,7-8,13H,2-4,6H2,1H3/t7-,8?/m1/s1.